The van der Waals surface area contributed by atoms with E-state index >= 15 is 0 Å². The third kappa shape index (κ3) is 1.88. The summed E-state index contributed by atoms with van der Waals surface area (Å²) < 4.78 is 0. The first-order valence-electron chi connectivity index (χ1n) is 10.2. The molecule has 124 valence electrons. The van der Waals surface area contributed by atoms with Crippen molar-refractivity contribution in [3.63, 3.8) is 0 Å². The molecule has 0 aromatic rings. The van der Waals surface area contributed by atoms with Crippen LogP contribution in [0.25, 0.3) is 0 Å². The van der Waals surface area contributed by atoms with Gasteiger partial charge >= 0.3 is 0 Å². The van der Waals surface area contributed by atoms with Gasteiger partial charge in [0.1, 0.15) is 0 Å². The van der Waals surface area contributed by atoms with Gasteiger partial charge in [0.15, 0.2) is 0 Å². The van der Waals surface area contributed by atoms with Crippen LogP contribution in [0.15, 0.2) is 12.2 Å². The Hall–Kier alpha value is -0.260. The third-order valence-corrected chi connectivity index (χ3v) is 9.22. The Morgan fingerprint density at radius 2 is 1.73 bits per heavy atom. The van der Waals surface area contributed by atoms with Crippen LogP contribution < -0.4 is 0 Å². The van der Waals surface area contributed by atoms with Crippen LogP contribution in [-0.2, 0) is 0 Å². The second-order valence-electron chi connectivity index (χ2n) is 9.77. The molecule has 0 saturated heterocycles. The van der Waals surface area contributed by atoms with E-state index in [0.717, 1.165) is 29.6 Å². The molecular formula is C22H36. The molecule has 0 heteroatoms. The predicted octanol–water partition coefficient (Wildman–Crippen LogP) is 6.61. The molecule has 0 radical (unpaired) electrons. The van der Waals surface area contributed by atoms with Crippen molar-refractivity contribution in [2.75, 3.05) is 0 Å². The minimum Gasteiger partial charge on any atom is -0.0995 e. The van der Waals surface area contributed by atoms with Crippen LogP contribution in [0, 0.1) is 40.4 Å². The molecule has 4 saturated carbocycles. The van der Waals surface area contributed by atoms with Crippen LogP contribution in [0.3, 0.4) is 0 Å². The van der Waals surface area contributed by atoms with Crippen molar-refractivity contribution in [2.45, 2.75) is 85.0 Å². The lowest BCUT2D eigenvalue weighted by molar-refractivity contribution is -0.0893. The summed E-state index contributed by atoms with van der Waals surface area (Å²) >= 11 is 0. The number of hydrogen-bond acceptors (Lipinski definition) is 0. The molecule has 0 aromatic heterocycles. The summed E-state index contributed by atoms with van der Waals surface area (Å²) in [6, 6.07) is 0. The highest BCUT2D eigenvalue weighted by atomic mass is 14.6. The van der Waals surface area contributed by atoms with E-state index in [9.17, 15) is 0 Å². The largest absolute Gasteiger partial charge is 0.0995 e. The van der Waals surface area contributed by atoms with Gasteiger partial charge in [-0.05, 0) is 85.4 Å². The van der Waals surface area contributed by atoms with Crippen LogP contribution >= 0.6 is 0 Å². The van der Waals surface area contributed by atoms with E-state index in [-0.39, 0.29) is 0 Å². The first kappa shape index (κ1) is 15.3. The monoisotopic (exact) mass is 300 g/mol. The minimum atomic E-state index is 0.601. The van der Waals surface area contributed by atoms with Crippen molar-refractivity contribution < 1.29 is 0 Å². The fourth-order valence-electron chi connectivity index (χ4n) is 8.09. The summed E-state index contributed by atoms with van der Waals surface area (Å²) in [5, 5.41) is 0. The highest BCUT2D eigenvalue weighted by Gasteiger charge is 2.59. The summed E-state index contributed by atoms with van der Waals surface area (Å²) in [7, 11) is 0. The highest BCUT2D eigenvalue weighted by molar-refractivity contribution is 5.19. The molecule has 4 rings (SSSR count). The van der Waals surface area contributed by atoms with Crippen LogP contribution in [0.1, 0.15) is 85.0 Å². The highest BCUT2D eigenvalue weighted by Crippen LogP contribution is 2.68. The SMILES string of the molecule is C=C1C[C@H]2[C@@H]3CC[C@H](CC)[C@@]3(C)CC[C@@H]2[C@@]2(C)CCCCC12. The number of allylic oxidation sites excluding steroid dienone is 1. The summed E-state index contributed by atoms with van der Waals surface area (Å²) in [5.41, 5.74) is 2.91. The van der Waals surface area contributed by atoms with Crippen LogP contribution in [0.4, 0.5) is 0 Å². The maximum Gasteiger partial charge on any atom is -0.0149 e. The van der Waals surface area contributed by atoms with Crippen molar-refractivity contribution in [3.8, 4) is 0 Å². The summed E-state index contributed by atoms with van der Waals surface area (Å²) in [6.45, 7) is 12.4. The van der Waals surface area contributed by atoms with E-state index in [2.05, 4.69) is 27.4 Å². The van der Waals surface area contributed by atoms with Gasteiger partial charge in [0.25, 0.3) is 0 Å². The predicted molar refractivity (Wildman–Crippen MR) is 94.6 cm³/mol. The molecule has 0 heterocycles. The van der Waals surface area contributed by atoms with Crippen LogP contribution in [-0.4, -0.2) is 0 Å². The minimum absolute atomic E-state index is 0.601. The van der Waals surface area contributed by atoms with Gasteiger partial charge in [0, 0.05) is 0 Å². The molecule has 4 aliphatic carbocycles. The molecule has 0 bridgehead atoms. The zero-order valence-electron chi connectivity index (χ0n) is 15.2. The normalized spacial score (nSPS) is 54.5. The van der Waals surface area contributed by atoms with Gasteiger partial charge in [0.2, 0.25) is 0 Å². The number of hydrogen-bond donors (Lipinski definition) is 0. The third-order valence-electron chi connectivity index (χ3n) is 9.22. The average molecular weight is 301 g/mol. The molecule has 0 aromatic carbocycles. The lowest BCUT2D eigenvalue weighted by atomic mass is 9.44. The van der Waals surface area contributed by atoms with Gasteiger partial charge in [-0.1, -0.05) is 52.2 Å². The van der Waals surface area contributed by atoms with Crippen molar-refractivity contribution in [2.24, 2.45) is 40.4 Å². The van der Waals surface area contributed by atoms with Crippen molar-refractivity contribution in [1.82, 2.24) is 0 Å². The number of fused-ring (bicyclic) bond motifs is 5. The molecule has 0 N–H and O–H groups in total. The Morgan fingerprint density at radius 1 is 0.955 bits per heavy atom. The lowest BCUT2D eigenvalue weighted by Crippen LogP contribution is -2.53. The first-order valence-corrected chi connectivity index (χ1v) is 10.2. The Morgan fingerprint density at radius 3 is 2.50 bits per heavy atom. The molecule has 22 heavy (non-hydrogen) atoms. The quantitative estimate of drug-likeness (QED) is 0.478. The fraction of sp³-hybridized carbons (Fsp3) is 0.909. The van der Waals surface area contributed by atoms with Gasteiger partial charge in [-0.2, -0.15) is 0 Å². The van der Waals surface area contributed by atoms with Crippen molar-refractivity contribution in [1.29, 1.82) is 0 Å². The van der Waals surface area contributed by atoms with E-state index in [1.807, 2.05) is 0 Å². The van der Waals surface area contributed by atoms with Crippen molar-refractivity contribution >= 4 is 0 Å². The summed E-state index contributed by atoms with van der Waals surface area (Å²) in [4.78, 5) is 0. The molecule has 0 amide bonds. The second-order valence-corrected chi connectivity index (χ2v) is 9.77. The maximum atomic E-state index is 4.61. The van der Waals surface area contributed by atoms with Crippen LogP contribution in [0.2, 0.25) is 0 Å². The Labute approximate surface area is 138 Å². The Balaban J connectivity index is 1.67. The average Bonchev–Trinajstić information content (AvgIpc) is 2.84. The lowest BCUT2D eigenvalue weighted by Gasteiger charge is -2.61. The van der Waals surface area contributed by atoms with Gasteiger partial charge in [0.05, 0.1) is 0 Å². The van der Waals surface area contributed by atoms with E-state index in [0.29, 0.717) is 10.8 Å². The maximum absolute atomic E-state index is 4.61. The van der Waals surface area contributed by atoms with Crippen LogP contribution in [0.5, 0.6) is 0 Å². The second kappa shape index (κ2) is 5.12. The zero-order valence-corrected chi connectivity index (χ0v) is 15.2. The van der Waals surface area contributed by atoms with E-state index in [1.54, 1.807) is 5.57 Å². The Bertz CT molecular complexity index is 463. The first-order chi connectivity index (χ1) is 10.5. The molecule has 0 aliphatic heterocycles. The summed E-state index contributed by atoms with van der Waals surface area (Å²) in [5.74, 6) is 4.85. The van der Waals surface area contributed by atoms with Gasteiger partial charge in [-0.15, -0.1) is 0 Å². The molecular weight excluding hydrogens is 264 g/mol. The molecule has 4 aliphatic rings. The zero-order chi connectivity index (χ0) is 15.5. The van der Waals surface area contributed by atoms with E-state index in [1.165, 1.54) is 64.2 Å². The molecule has 7 atom stereocenters. The fourth-order valence-corrected chi connectivity index (χ4v) is 8.09. The van der Waals surface area contributed by atoms with Crippen molar-refractivity contribution in [3.05, 3.63) is 12.2 Å². The standard InChI is InChI=1S/C22H36/c1-5-16-9-10-19-17-14-15(2)18-8-6-7-12-22(18,4)20(17)11-13-21(16,19)3/h16-20H,2,5-14H2,1,3-4H3/t16-,17-,18?,19-,20-,21+,22-/m0/s1. The van der Waals surface area contributed by atoms with E-state index in [4.69, 9.17) is 0 Å². The molecule has 4 fully saturated rings. The summed E-state index contributed by atoms with van der Waals surface area (Å²) in [6.07, 6.45) is 14.7. The Kier molecular flexibility index (Phi) is 3.55. The smallest absolute Gasteiger partial charge is 0.0149 e. The number of rotatable bonds is 1. The molecule has 0 spiro atoms. The molecule has 1 unspecified atom stereocenters. The van der Waals surface area contributed by atoms with E-state index < -0.39 is 0 Å². The van der Waals surface area contributed by atoms with Gasteiger partial charge < -0.3 is 0 Å². The molecule has 0 nitrogen and oxygen atoms in total. The topological polar surface area (TPSA) is 0 Å². The van der Waals surface area contributed by atoms with Gasteiger partial charge in [-0.25, -0.2) is 0 Å². The van der Waals surface area contributed by atoms with Gasteiger partial charge in [-0.3, -0.25) is 0 Å².